The molecule has 2 atom stereocenters. The quantitative estimate of drug-likeness (QED) is 0.590. The largest absolute Gasteiger partial charge is 0.378 e. The van der Waals surface area contributed by atoms with Crippen molar-refractivity contribution in [3.8, 4) is 0 Å². The fraction of sp³-hybridized carbons (Fsp3) is 0.714. The number of aryl methyl sites for hydroxylation is 1. The minimum Gasteiger partial charge on any atom is -0.378 e. The van der Waals surface area contributed by atoms with Crippen LogP contribution in [-0.4, -0.2) is 12.7 Å². The fourth-order valence-electron chi connectivity index (χ4n) is 2.66. The van der Waals surface area contributed by atoms with Crippen molar-refractivity contribution in [1.82, 2.24) is 5.43 Å². The summed E-state index contributed by atoms with van der Waals surface area (Å²) in [6.45, 7) is 3.15. The van der Waals surface area contributed by atoms with Gasteiger partial charge in [-0.1, -0.05) is 6.92 Å². The summed E-state index contributed by atoms with van der Waals surface area (Å²) < 4.78 is 5.65. The summed E-state index contributed by atoms with van der Waals surface area (Å²) in [7, 11) is 0. The molecule has 3 N–H and O–H groups in total. The summed E-state index contributed by atoms with van der Waals surface area (Å²) in [5, 5.41) is 2.17. The Kier molecular flexibility index (Phi) is 5.63. The van der Waals surface area contributed by atoms with Crippen LogP contribution in [0.3, 0.4) is 0 Å². The molecule has 1 aliphatic rings. The lowest BCUT2D eigenvalue weighted by Gasteiger charge is -2.17. The highest BCUT2D eigenvalue weighted by Crippen LogP contribution is 2.29. The second-order valence-corrected chi connectivity index (χ2v) is 5.90. The first-order valence-electron chi connectivity index (χ1n) is 6.99. The predicted molar refractivity (Wildman–Crippen MR) is 76.6 cm³/mol. The van der Waals surface area contributed by atoms with E-state index in [1.807, 2.05) is 11.3 Å². The van der Waals surface area contributed by atoms with Gasteiger partial charge in [0.2, 0.25) is 0 Å². The molecule has 0 spiro atoms. The number of ether oxygens (including phenoxy) is 1. The van der Waals surface area contributed by atoms with Gasteiger partial charge >= 0.3 is 0 Å². The molecule has 1 fully saturated rings. The molecule has 0 aliphatic carbocycles. The van der Waals surface area contributed by atoms with Crippen LogP contribution in [0.2, 0.25) is 0 Å². The third kappa shape index (κ3) is 3.54. The van der Waals surface area contributed by atoms with Gasteiger partial charge in [0.15, 0.2) is 0 Å². The van der Waals surface area contributed by atoms with Gasteiger partial charge in [0.1, 0.15) is 0 Å². The number of hydrazine groups is 1. The van der Waals surface area contributed by atoms with E-state index in [1.165, 1.54) is 36.1 Å². The molecule has 0 radical (unpaired) electrons. The summed E-state index contributed by atoms with van der Waals surface area (Å²) in [6.07, 6.45) is 7.50. The van der Waals surface area contributed by atoms with E-state index in [4.69, 9.17) is 10.6 Å². The first-order chi connectivity index (χ1) is 8.85. The second kappa shape index (κ2) is 7.24. The maximum absolute atomic E-state index is 5.71. The lowest BCUT2D eigenvalue weighted by molar-refractivity contribution is 0.101. The topological polar surface area (TPSA) is 47.3 Å². The van der Waals surface area contributed by atoms with Crippen LogP contribution >= 0.6 is 11.3 Å². The number of nitrogens with two attached hydrogens (primary N) is 1. The minimum atomic E-state index is 0.307. The van der Waals surface area contributed by atoms with Crippen LogP contribution in [0.1, 0.15) is 55.5 Å². The fourth-order valence-corrected chi connectivity index (χ4v) is 3.75. The van der Waals surface area contributed by atoms with Crippen LogP contribution in [0.25, 0.3) is 0 Å². The summed E-state index contributed by atoms with van der Waals surface area (Å²) in [5.74, 6) is 5.71. The first-order valence-corrected chi connectivity index (χ1v) is 7.87. The maximum Gasteiger partial charge on any atom is 0.0576 e. The van der Waals surface area contributed by atoms with Crippen molar-refractivity contribution in [2.24, 2.45) is 5.84 Å². The number of rotatable bonds is 7. The van der Waals surface area contributed by atoms with Gasteiger partial charge in [-0.3, -0.25) is 11.3 Å². The zero-order valence-electron chi connectivity index (χ0n) is 11.2. The van der Waals surface area contributed by atoms with Crippen molar-refractivity contribution in [1.29, 1.82) is 0 Å². The Morgan fingerprint density at radius 2 is 2.50 bits per heavy atom. The highest BCUT2D eigenvalue weighted by atomic mass is 32.1. The van der Waals surface area contributed by atoms with Crippen molar-refractivity contribution >= 4 is 11.3 Å². The van der Waals surface area contributed by atoms with E-state index in [1.54, 1.807) is 0 Å². The molecular formula is C14H24N2OS. The van der Waals surface area contributed by atoms with Gasteiger partial charge in [0, 0.05) is 11.5 Å². The molecule has 3 nitrogen and oxygen atoms in total. The molecule has 0 saturated carbocycles. The summed E-state index contributed by atoms with van der Waals surface area (Å²) in [4.78, 5) is 1.41. The zero-order chi connectivity index (χ0) is 12.8. The van der Waals surface area contributed by atoms with Crippen LogP contribution < -0.4 is 11.3 Å². The van der Waals surface area contributed by atoms with Gasteiger partial charge in [-0.05, 0) is 55.5 Å². The number of nitrogens with one attached hydrogen (secondary N) is 1. The SMILES string of the molecule is CCc1ccsc1C(CCCC1CCCO1)NN. The second-order valence-electron chi connectivity index (χ2n) is 4.95. The summed E-state index contributed by atoms with van der Waals surface area (Å²) >= 11 is 1.82. The van der Waals surface area contributed by atoms with Gasteiger partial charge in [0.25, 0.3) is 0 Å². The van der Waals surface area contributed by atoms with Crippen molar-refractivity contribution in [3.05, 3.63) is 21.9 Å². The molecule has 4 heteroatoms. The molecule has 2 rings (SSSR count). The molecule has 1 aliphatic heterocycles. The number of hydrogen-bond donors (Lipinski definition) is 2. The average Bonchev–Trinajstić information content (AvgIpc) is 3.05. The maximum atomic E-state index is 5.71. The zero-order valence-corrected chi connectivity index (χ0v) is 12.0. The molecule has 1 saturated heterocycles. The normalized spacial score (nSPS) is 21.3. The Labute approximate surface area is 114 Å². The lowest BCUT2D eigenvalue weighted by atomic mass is 10.0. The predicted octanol–water partition coefficient (Wildman–Crippen LogP) is 3.16. The van der Waals surface area contributed by atoms with Gasteiger partial charge in [-0.25, -0.2) is 0 Å². The standard InChI is InChI=1S/C14H24N2OS/c1-2-11-8-10-18-14(11)13(16-15)7-3-5-12-6-4-9-17-12/h8,10,12-13,16H,2-7,9,15H2,1H3. The van der Waals surface area contributed by atoms with E-state index in [-0.39, 0.29) is 0 Å². The first kappa shape index (κ1) is 14.0. The number of hydrogen-bond acceptors (Lipinski definition) is 4. The lowest BCUT2D eigenvalue weighted by Crippen LogP contribution is -2.28. The van der Waals surface area contributed by atoms with E-state index < -0.39 is 0 Å². The third-order valence-corrected chi connectivity index (χ3v) is 4.79. The average molecular weight is 268 g/mol. The van der Waals surface area contributed by atoms with Gasteiger partial charge < -0.3 is 4.74 Å². The Morgan fingerprint density at radius 3 is 3.17 bits per heavy atom. The highest BCUT2D eigenvalue weighted by Gasteiger charge is 2.18. The Hall–Kier alpha value is -0.420. The number of thiophene rings is 1. The van der Waals surface area contributed by atoms with E-state index in [0.29, 0.717) is 12.1 Å². The van der Waals surface area contributed by atoms with Crippen LogP contribution in [0, 0.1) is 0 Å². The van der Waals surface area contributed by atoms with Crippen molar-refractivity contribution in [2.45, 2.75) is 57.6 Å². The van der Waals surface area contributed by atoms with Crippen LogP contribution in [0.15, 0.2) is 11.4 Å². The van der Waals surface area contributed by atoms with Gasteiger partial charge in [-0.15, -0.1) is 11.3 Å². The Bertz CT molecular complexity index is 347. The van der Waals surface area contributed by atoms with Crippen LogP contribution in [-0.2, 0) is 11.2 Å². The molecule has 102 valence electrons. The van der Waals surface area contributed by atoms with E-state index >= 15 is 0 Å². The van der Waals surface area contributed by atoms with Crippen LogP contribution in [0.5, 0.6) is 0 Å². The molecule has 1 aromatic heterocycles. The molecule has 0 amide bonds. The molecule has 0 bridgehead atoms. The van der Waals surface area contributed by atoms with Crippen molar-refractivity contribution in [3.63, 3.8) is 0 Å². The highest BCUT2D eigenvalue weighted by molar-refractivity contribution is 7.10. The van der Waals surface area contributed by atoms with Crippen molar-refractivity contribution < 1.29 is 4.74 Å². The molecule has 2 heterocycles. The van der Waals surface area contributed by atoms with Crippen molar-refractivity contribution in [2.75, 3.05) is 6.61 Å². The van der Waals surface area contributed by atoms with Gasteiger partial charge in [0.05, 0.1) is 12.1 Å². The molecule has 2 unspecified atom stereocenters. The van der Waals surface area contributed by atoms with Gasteiger partial charge in [-0.2, -0.15) is 0 Å². The molecule has 1 aromatic rings. The molecule has 18 heavy (non-hydrogen) atoms. The minimum absolute atomic E-state index is 0.307. The van der Waals surface area contributed by atoms with Crippen LogP contribution in [0.4, 0.5) is 0 Å². The van der Waals surface area contributed by atoms with E-state index in [9.17, 15) is 0 Å². The van der Waals surface area contributed by atoms with E-state index in [2.05, 4.69) is 23.8 Å². The smallest absolute Gasteiger partial charge is 0.0576 e. The monoisotopic (exact) mass is 268 g/mol. The molecule has 0 aromatic carbocycles. The summed E-state index contributed by atoms with van der Waals surface area (Å²) in [5.41, 5.74) is 4.40. The Balaban J connectivity index is 1.81. The molecular weight excluding hydrogens is 244 g/mol. The van der Waals surface area contributed by atoms with E-state index in [0.717, 1.165) is 19.4 Å². The third-order valence-electron chi connectivity index (χ3n) is 3.72. The Morgan fingerprint density at radius 1 is 1.61 bits per heavy atom. The summed E-state index contributed by atoms with van der Waals surface area (Å²) in [6, 6.07) is 2.52.